The molecule has 0 bridgehead atoms. The topological polar surface area (TPSA) is 53.9 Å². The van der Waals surface area contributed by atoms with Crippen LogP contribution in [0, 0.1) is 11.7 Å². The highest BCUT2D eigenvalue weighted by molar-refractivity contribution is 7.19. The Morgan fingerprint density at radius 2 is 1.84 bits per heavy atom. The number of hydrogen-bond acceptors (Lipinski definition) is 6. The molecule has 2 aromatic heterocycles. The van der Waals surface area contributed by atoms with Crippen LogP contribution in [-0.4, -0.2) is 34.1 Å². The largest absolute Gasteiger partial charge is 0.351 e. The molecule has 1 N–H and O–H groups in total. The van der Waals surface area contributed by atoms with Crippen molar-refractivity contribution < 1.29 is 4.39 Å². The van der Waals surface area contributed by atoms with Gasteiger partial charge in [-0.25, -0.2) is 19.3 Å². The van der Waals surface area contributed by atoms with E-state index >= 15 is 0 Å². The van der Waals surface area contributed by atoms with Gasteiger partial charge in [-0.2, -0.15) is 0 Å². The highest BCUT2D eigenvalue weighted by Crippen LogP contribution is 2.41. The third kappa shape index (κ3) is 4.77. The van der Waals surface area contributed by atoms with Crippen molar-refractivity contribution in [2.75, 3.05) is 23.3 Å². The van der Waals surface area contributed by atoms with Crippen molar-refractivity contribution in [3.63, 3.8) is 0 Å². The lowest BCUT2D eigenvalue weighted by Gasteiger charge is -2.29. The Bertz CT molecular complexity index is 1050. The van der Waals surface area contributed by atoms with Gasteiger partial charge in [0.15, 0.2) is 5.13 Å². The molecule has 168 valence electrons. The van der Waals surface area contributed by atoms with E-state index in [1.54, 1.807) is 23.5 Å². The van der Waals surface area contributed by atoms with Crippen LogP contribution in [0.3, 0.4) is 0 Å². The number of rotatable bonds is 5. The second-order valence-corrected chi connectivity index (χ2v) is 10.1. The van der Waals surface area contributed by atoms with E-state index in [1.165, 1.54) is 51.0 Å². The lowest BCUT2D eigenvalue weighted by Crippen LogP contribution is -2.32. The fourth-order valence-corrected chi connectivity index (χ4v) is 5.74. The lowest BCUT2D eigenvalue weighted by molar-refractivity contribution is 0.438. The van der Waals surface area contributed by atoms with Crippen LogP contribution in [-0.2, 0) is 0 Å². The van der Waals surface area contributed by atoms with Crippen LogP contribution in [0.4, 0.5) is 15.5 Å². The smallest absolute Gasteiger partial charge is 0.223 e. The molecule has 0 spiro atoms. The Hall–Kier alpha value is -2.54. The molecule has 1 aromatic carbocycles. The molecule has 3 aromatic rings. The Morgan fingerprint density at radius 1 is 1.03 bits per heavy atom. The number of nitrogens with one attached hydrogen (secondary N) is 1. The Kier molecular flexibility index (Phi) is 6.35. The molecule has 5 rings (SSSR count). The Labute approximate surface area is 193 Å². The van der Waals surface area contributed by atoms with Gasteiger partial charge in [-0.15, -0.1) is 0 Å². The summed E-state index contributed by atoms with van der Waals surface area (Å²) < 4.78 is 14.0. The number of thiazole rings is 1. The van der Waals surface area contributed by atoms with Crippen molar-refractivity contribution in [2.24, 2.45) is 5.92 Å². The quantitative estimate of drug-likeness (QED) is 0.487. The summed E-state index contributed by atoms with van der Waals surface area (Å²) in [5.41, 5.74) is 2.42. The van der Waals surface area contributed by atoms with E-state index in [0.717, 1.165) is 46.0 Å². The van der Waals surface area contributed by atoms with Crippen LogP contribution < -0.4 is 10.2 Å². The molecular weight excluding hydrogens is 421 g/mol. The van der Waals surface area contributed by atoms with E-state index in [0.29, 0.717) is 12.0 Å². The van der Waals surface area contributed by atoms with Crippen molar-refractivity contribution in [3.05, 3.63) is 42.3 Å². The molecule has 2 aliphatic rings. The summed E-state index contributed by atoms with van der Waals surface area (Å²) in [6.45, 7) is 4.33. The summed E-state index contributed by atoms with van der Waals surface area (Å²) in [5, 5.41) is 4.52. The van der Waals surface area contributed by atoms with Gasteiger partial charge in [0.05, 0.1) is 16.3 Å². The molecular formula is C25H30FN5S. The summed E-state index contributed by atoms with van der Waals surface area (Å²) in [6, 6.07) is 9.07. The molecule has 1 aliphatic heterocycles. The number of aromatic nitrogens is 3. The molecule has 3 heterocycles. The zero-order chi connectivity index (χ0) is 21.9. The van der Waals surface area contributed by atoms with E-state index in [4.69, 9.17) is 9.97 Å². The van der Waals surface area contributed by atoms with Crippen LogP contribution in [0.1, 0.15) is 51.9 Å². The minimum atomic E-state index is -0.253. The van der Waals surface area contributed by atoms with Crippen LogP contribution in [0.2, 0.25) is 0 Å². The molecule has 1 saturated heterocycles. The van der Waals surface area contributed by atoms with Crippen molar-refractivity contribution in [2.45, 2.75) is 57.9 Å². The van der Waals surface area contributed by atoms with Crippen LogP contribution in [0.5, 0.6) is 0 Å². The minimum Gasteiger partial charge on any atom is -0.351 e. The molecule has 32 heavy (non-hydrogen) atoms. The van der Waals surface area contributed by atoms with Gasteiger partial charge >= 0.3 is 0 Å². The van der Waals surface area contributed by atoms with Gasteiger partial charge in [-0.05, 0) is 49.8 Å². The summed E-state index contributed by atoms with van der Waals surface area (Å²) in [6.07, 6.45) is 10.3. The van der Waals surface area contributed by atoms with Gasteiger partial charge in [0.1, 0.15) is 5.82 Å². The van der Waals surface area contributed by atoms with E-state index in [1.807, 2.05) is 18.3 Å². The highest BCUT2D eigenvalue weighted by atomic mass is 32.1. The zero-order valence-electron chi connectivity index (χ0n) is 18.6. The van der Waals surface area contributed by atoms with Gasteiger partial charge < -0.3 is 10.2 Å². The van der Waals surface area contributed by atoms with E-state index in [-0.39, 0.29) is 5.82 Å². The predicted molar refractivity (Wildman–Crippen MR) is 130 cm³/mol. The van der Waals surface area contributed by atoms with Crippen LogP contribution in [0.25, 0.3) is 21.8 Å². The lowest BCUT2D eigenvalue weighted by atomic mass is 9.96. The second kappa shape index (κ2) is 9.53. The average Bonchev–Trinajstić information content (AvgIpc) is 3.26. The number of benzene rings is 1. The second-order valence-electron chi connectivity index (χ2n) is 9.10. The summed E-state index contributed by atoms with van der Waals surface area (Å²) in [7, 11) is 0. The fraction of sp³-hybridized carbons (Fsp3) is 0.480. The summed E-state index contributed by atoms with van der Waals surface area (Å²) in [4.78, 5) is 17.6. The maximum atomic E-state index is 14.0. The first-order valence-electron chi connectivity index (χ1n) is 11.8. The van der Waals surface area contributed by atoms with Gasteiger partial charge in [0, 0.05) is 30.9 Å². The Balaban J connectivity index is 1.50. The van der Waals surface area contributed by atoms with E-state index < -0.39 is 0 Å². The standard InChI is InChI=1S/C25H30FN5S/c1-17-11-14-31(15-12-17)25-30-22(18-6-5-7-19(26)16-18)23(32-25)21-10-13-27-24(29-21)28-20-8-3-2-4-9-20/h5-7,10,13,16-17,20H,2-4,8-9,11-12,14-15H2,1H3,(H,27,28,29). The monoisotopic (exact) mass is 451 g/mol. The first-order valence-corrected chi connectivity index (χ1v) is 12.6. The molecule has 5 nitrogen and oxygen atoms in total. The van der Waals surface area contributed by atoms with Crippen molar-refractivity contribution in [3.8, 4) is 21.8 Å². The molecule has 0 unspecified atom stereocenters. The van der Waals surface area contributed by atoms with Gasteiger partial charge in [-0.1, -0.05) is 49.7 Å². The van der Waals surface area contributed by atoms with Crippen LogP contribution >= 0.6 is 11.3 Å². The first-order chi connectivity index (χ1) is 15.7. The summed E-state index contributed by atoms with van der Waals surface area (Å²) >= 11 is 1.65. The molecule has 1 saturated carbocycles. The maximum absolute atomic E-state index is 14.0. The first kappa shape index (κ1) is 21.3. The highest BCUT2D eigenvalue weighted by Gasteiger charge is 2.23. The average molecular weight is 452 g/mol. The molecule has 2 fully saturated rings. The molecule has 7 heteroatoms. The van der Waals surface area contributed by atoms with Crippen LogP contribution in [0.15, 0.2) is 36.5 Å². The normalized spacial score (nSPS) is 18.1. The Morgan fingerprint density at radius 3 is 2.62 bits per heavy atom. The molecule has 0 atom stereocenters. The zero-order valence-corrected chi connectivity index (χ0v) is 19.4. The molecule has 0 radical (unpaired) electrons. The number of nitrogens with zero attached hydrogens (tertiary/aromatic N) is 4. The van der Waals surface area contributed by atoms with Gasteiger partial charge in [0.25, 0.3) is 0 Å². The third-order valence-corrected chi connectivity index (χ3v) is 7.73. The number of anilines is 2. The van der Waals surface area contributed by atoms with E-state index in [9.17, 15) is 4.39 Å². The summed E-state index contributed by atoms with van der Waals surface area (Å²) in [5.74, 6) is 1.17. The third-order valence-electron chi connectivity index (χ3n) is 6.59. The molecule has 1 aliphatic carbocycles. The SMILES string of the molecule is CC1CCN(c2nc(-c3cccc(F)c3)c(-c3ccnc(NC4CCCCC4)n3)s2)CC1. The number of halogens is 1. The predicted octanol–water partition coefficient (Wildman–Crippen LogP) is 6.39. The number of hydrogen-bond donors (Lipinski definition) is 1. The minimum absolute atomic E-state index is 0.253. The van der Waals surface area contributed by atoms with Gasteiger partial charge in [0.2, 0.25) is 5.95 Å². The maximum Gasteiger partial charge on any atom is 0.223 e. The van der Waals surface area contributed by atoms with Crippen molar-refractivity contribution in [1.82, 2.24) is 15.0 Å². The fourth-order valence-electron chi connectivity index (χ4n) is 4.63. The van der Waals surface area contributed by atoms with E-state index in [2.05, 4.69) is 22.1 Å². The molecule has 0 amide bonds. The van der Waals surface area contributed by atoms with Crippen molar-refractivity contribution in [1.29, 1.82) is 0 Å². The van der Waals surface area contributed by atoms with Crippen molar-refractivity contribution >= 4 is 22.4 Å². The number of piperidine rings is 1. The van der Waals surface area contributed by atoms with Gasteiger partial charge in [-0.3, -0.25) is 0 Å².